The minimum Gasteiger partial charge on any atom is -0.452 e. The predicted molar refractivity (Wildman–Crippen MR) is 79.0 cm³/mol. The molecular formula is C16H9F3N2O6. The van der Waals surface area contributed by atoms with E-state index in [-0.39, 0.29) is 22.0 Å². The second-order valence-corrected chi connectivity index (χ2v) is 5.28. The summed E-state index contributed by atoms with van der Waals surface area (Å²) in [5.74, 6) is -5.70. The van der Waals surface area contributed by atoms with Crippen molar-refractivity contribution in [2.45, 2.75) is 12.7 Å². The molecule has 0 unspecified atom stereocenters. The average Bonchev–Trinajstić information content (AvgIpc) is 3.19. The van der Waals surface area contributed by atoms with Gasteiger partial charge in [0.2, 0.25) is 5.76 Å². The van der Waals surface area contributed by atoms with Gasteiger partial charge in [-0.05, 0) is 24.3 Å². The molecule has 0 saturated heterocycles. The highest BCUT2D eigenvalue weighted by Gasteiger charge is 2.40. The second-order valence-electron chi connectivity index (χ2n) is 5.28. The number of carbonyl (C=O) groups excluding carboxylic acids is 4. The summed E-state index contributed by atoms with van der Waals surface area (Å²) >= 11 is 0. The number of nitrogens with zero attached hydrogens (tertiary/aromatic N) is 1. The summed E-state index contributed by atoms with van der Waals surface area (Å²) in [7, 11) is 0. The maximum atomic E-state index is 12.1. The number of hydroxylamine groups is 2. The lowest BCUT2D eigenvalue weighted by Crippen LogP contribution is -2.36. The highest BCUT2D eigenvalue weighted by Crippen LogP contribution is 2.23. The molecule has 140 valence electrons. The summed E-state index contributed by atoms with van der Waals surface area (Å²) < 4.78 is 41.3. The van der Waals surface area contributed by atoms with Gasteiger partial charge < -0.3 is 14.6 Å². The number of hydrogen-bond donors (Lipinski definition) is 1. The lowest BCUT2D eigenvalue weighted by Gasteiger charge is -2.11. The Balaban J connectivity index is 1.65. The smallest absolute Gasteiger partial charge is 0.452 e. The van der Waals surface area contributed by atoms with Crippen LogP contribution in [-0.4, -0.2) is 34.9 Å². The molecule has 0 fully saturated rings. The molecule has 0 radical (unpaired) electrons. The molecule has 3 rings (SSSR count). The third-order valence-corrected chi connectivity index (χ3v) is 3.47. The molecule has 8 nitrogen and oxygen atoms in total. The fraction of sp³-hybridized carbons (Fsp3) is 0.125. The van der Waals surface area contributed by atoms with Gasteiger partial charge in [-0.1, -0.05) is 17.2 Å². The van der Waals surface area contributed by atoms with Gasteiger partial charge >= 0.3 is 18.1 Å². The number of benzene rings is 1. The van der Waals surface area contributed by atoms with Crippen LogP contribution >= 0.6 is 0 Å². The Labute approximate surface area is 148 Å². The molecule has 1 aliphatic rings. The van der Waals surface area contributed by atoms with Crippen LogP contribution in [0.1, 0.15) is 37.0 Å². The van der Waals surface area contributed by atoms with Crippen LogP contribution in [0, 0.1) is 0 Å². The number of alkyl halides is 3. The van der Waals surface area contributed by atoms with Crippen LogP contribution in [0.2, 0.25) is 0 Å². The number of rotatable bonds is 4. The first-order valence-electron chi connectivity index (χ1n) is 7.32. The standard InChI is InChI=1S/C16H9F3N2O6/c17-16(18,19)15(25)20-7-8-5-6-11(26-8)14(24)27-21-12(22)9-3-1-2-4-10(9)13(21)23/h1-6H,7H2,(H,20,25). The second kappa shape index (κ2) is 6.59. The Bertz CT molecular complexity index is 915. The third-order valence-electron chi connectivity index (χ3n) is 3.47. The Kier molecular flexibility index (Phi) is 4.44. The molecule has 0 atom stereocenters. The van der Waals surface area contributed by atoms with E-state index in [2.05, 4.69) is 0 Å². The number of fused-ring (bicyclic) bond motifs is 1. The molecule has 1 aromatic carbocycles. The molecule has 0 bridgehead atoms. The number of carbonyl (C=O) groups is 4. The van der Waals surface area contributed by atoms with Gasteiger partial charge in [0, 0.05) is 0 Å². The van der Waals surface area contributed by atoms with Crippen molar-refractivity contribution in [2.75, 3.05) is 0 Å². The van der Waals surface area contributed by atoms with E-state index in [0.717, 1.165) is 12.1 Å². The highest BCUT2D eigenvalue weighted by molar-refractivity contribution is 6.21. The zero-order valence-corrected chi connectivity index (χ0v) is 13.2. The minimum absolute atomic E-state index is 0.0605. The molecule has 2 aromatic rings. The number of imide groups is 1. The van der Waals surface area contributed by atoms with Gasteiger partial charge in [-0.2, -0.15) is 13.2 Å². The van der Waals surface area contributed by atoms with E-state index < -0.39 is 42.2 Å². The van der Waals surface area contributed by atoms with Crippen LogP contribution in [-0.2, 0) is 16.2 Å². The highest BCUT2D eigenvalue weighted by atomic mass is 19.4. The van der Waals surface area contributed by atoms with Crippen LogP contribution < -0.4 is 5.32 Å². The van der Waals surface area contributed by atoms with Gasteiger partial charge in [-0.15, -0.1) is 0 Å². The Hall–Kier alpha value is -3.63. The minimum atomic E-state index is -5.06. The van der Waals surface area contributed by atoms with E-state index in [1.165, 1.54) is 24.3 Å². The normalized spacial score (nSPS) is 13.5. The van der Waals surface area contributed by atoms with Crippen molar-refractivity contribution >= 4 is 23.7 Å². The number of furan rings is 1. The van der Waals surface area contributed by atoms with E-state index in [9.17, 15) is 32.3 Å². The number of halogens is 3. The molecule has 11 heteroatoms. The third kappa shape index (κ3) is 3.52. The van der Waals surface area contributed by atoms with Crippen LogP contribution in [0.4, 0.5) is 13.2 Å². The SMILES string of the molecule is O=C(ON1C(=O)c2ccccc2C1=O)c1ccc(CNC(=O)C(F)(F)F)o1. The maximum absolute atomic E-state index is 12.1. The first-order chi connectivity index (χ1) is 12.7. The zero-order chi connectivity index (χ0) is 19.8. The predicted octanol–water partition coefficient (Wildman–Crippen LogP) is 1.83. The van der Waals surface area contributed by atoms with Gasteiger partial charge in [0.1, 0.15) is 5.76 Å². The molecule has 1 aromatic heterocycles. The van der Waals surface area contributed by atoms with Gasteiger partial charge in [0.05, 0.1) is 17.7 Å². The van der Waals surface area contributed by atoms with Gasteiger partial charge in [0.25, 0.3) is 11.8 Å². The topological polar surface area (TPSA) is 106 Å². The number of amides is 3. The van der Waals surface area contributed by atoms with Crippen molar-refractivity contribution in [3.63, 3.8) is 0 Å². The van der Waals surface area contributed by atoms with Crippen LogP contribution in [0.5, 0.6) is 0 Å². The molecule has 3 amide bonds. The van der Waals surface area contributed by atoms with Crippen molar-refractivity contribution < 1.29 is 41.6 Å². The summed E-state index contributed by atoms with van der Waals surface area (Å²) in [4.78, 5) is 51.7. The summed E-state index contributed by atoms with van der Waals surface area (Å²) in [5.41, 5.74) is 0.121. The monoisotopic (exact) mass is 382 g/mol. The van der Waals surface area contributed by atoms with Crippen molar-refractivity contribution in [2.24, 2.45) is 0 Å². The van der Waals surface area contributed by atoms with Crippen molar-refractivity contribution in [1.82, 2.24) is 10.4 Å². The molecule has 27 heavy (non-hydrogen) atoms. The van der Waals surface area contributed by atoms with Crippen LogP contribution in [0.3, 0.4) is 0 Å². The van der Waals surface area contributed by atoms with Gasteiger partial charge in [-0.25, -0.2) is 4.79 Å². The summed E-state index contributed by atoms with van der Waals surface area (Å²) in [6.07, 6.45) is -5.06. The first-order valence-corrected chi connectivity index (χ1v) is 7.32. The van der Waals surface area contributed by atoms with Gasteiger partial charge in [0.15, 0.2) is 0 Å². The lowest BCUT2D eigenvalue weighted by atomic mass is 10.1. The molecule has 0 saturated carbocycles. The van der Waals surface area contributed by atoms with Crippen molar-refractivity contribution in [3.05, 3.63) is 59.0 Å². The van der Waals surface area contributed by atoms with E-state index >= 15 is 0 Å². The molecule has 1 N–H and O–H groups in total. The zero-order valence-electron chi connectivity index (χ0n) is 13.2. The molecular weight excluding hydrogens is 373 g/mol. The fourth-order valence-electron chi connectivity index (χ4n) is 2.23. The Morgan fingerprint density at radius 2 is 1.63 bits per heavy atom. The van der Waals surface area contributed by atoms with E-state index in [4.69, 9.17) is 9.25 Å². The van der Waals surface area contributed by atoms with Crippen LogP contribution in [0.15, 0.2) is 40.8 Å². The fourth-order valence-corrected chi connectivity index (χ4v) is 2.23. The molecule has 0 aliphatic carbocycles. The number of hydrogen-bond acceptors (Lipinski definition) is 6. The Morgan fingerprint density at radius 1 is 1.04 bits per heavy atom. The van der Waals surface area contributed by atoms with Crippen molar-refractivity contribution in [1.29, 1.82) is 0 Å². The molecule has 1 aliphatic heterocycles. The largest absolute Gasteiger partial charge is 0.471 e. The maximum Gasteiger partial charge on any atom is 0.471 e. The van der Waals surface area contributed by atoms with Gasteiger partial charge in [-0.3, -0.25) is 14.4 Å². The molecule has 0 spiro atoms. The summed E-state index contributed by atoms with van der Waals surface area (Å²) in [6, 6.07) is 8.04. The van der Waals surface area contributed by atoms with Crippen molar-refractivity contribution in [3.8, 4) is 0 Å². The van der Waals surface area contributed by atoms with E-state index in [1.807, 2.05) is 0 Å². The first kappa shape index (κ1) is 18.2. The number of nitrogens with one attached hydrogen (secondary N) is 1. The molecule has 2 heterocycles. The van der Waals surface area contributed by atoms with Crippen LogP contribution in [0.25, 0.3) is 0 Å². The average molecular weight is 382 g/mol. The van der Waals surface area contributed by atoms with E-state index in [1.54, 1.807) is 5.32 Å². The lowest BCUT2D eigenvalue weighted by molar-refractivity contribution is -0.173. The Morgan fingerprint density at radius 3 is 2.19 bits per heavy atom. The summed E-state index contributed by atoms with van der Waals surface area (Å²) in [6.45, 7) is -0.626. The quantitative estimate of drug-likeness (QED) is 0.809. The summed E-state index contributed by atoms with van der Waals surface area (Å²) in [5, 5.41) is 1.83. The van der Waals surface area contributed by atoms with E-state index in [0.29, 0.717) is 0 Å².